The highest BCUT2D eigenvalue weighted by molar-refractivity contribution is 6.46. The van der Waals surface area contributed by atoms with E-state index in [9.17, 15) is 14.7 Å². The average molecular weight is 418 g/mol. The van der Waals surface area contributed by atoms with Crippen LogP contribution in [0.1, 0.15) is 36.3 Å². The molecule has 158 valence electrons. The molecule has 0 aliphatic carbocycles. The smallest absolute Gasteiger partial charge is 0.296 e. The van der Waals surface area contributed by atoms with Crippen molar-refractivity contribution in [2.45, 2.75) is 25.9 Å². The lowest BCUT2D eigenvalue weighted by Crippen LogP contribution is -2.29. The summed E-state index contributed by atoms with van der Waals surface area (Å²) in [5.41, 5.74) is 1.10. The maximum absolute atomic E-state index is 13.0. The van der Waals surface area contributed by atoms with Crippen molar-refractivity contribution in [2.24, 2.45) is 0 Å². The van der Waals surface area contributed by atoms with Gasteiger partial charge in [-0.05, 0) is 48.4 Å². The minimum absolute atomic E-state index is 0.0235. The fourth-order valence-corrected chi connectivity index (χ4v) is 3.62. The molecule has 7 heteroatoms. The molecule has 1 amide bonds. The summed E-state index contributed by atoms with van der Waals surface area (Å²) in [4.78, 5) is 31.3. The molecule has 1 aromatic carbocycles. The van der Waals surface area contributed by atoms with E-state index in [-0.39, 0.29) is 17.9 Å². The number of carbonyl (C=O) groups excluding carboxylic acids is 2. The fourth-order valence-electron chi connectivity index (χ4n) is 3.62. The van der Waals surface area contributed by atoms with Crippen LogP contribution in [0.25, 0.3) is 5.76 Å². The van der Waals surface area contributed by atoms with E-state index >= 15 is 0 Å². The third-order valence-corrected chi connectivity index (χ3v) is 5.05. The van der Waals surface area contributed by atoms with Gasteiger partial charge in [-0.1, -0.05) is 19.1 Å². The van der Waals surface area contributed by atoms with E-state index in [0.29, 0.717) is 29.2 Å². The molecule has 0 saturated carbocycles. The molecule has 1 fully saturated rings. The normalized spacial score (nSPS) is 17.8. The zero-order valence-corrected chi connectivity index (χ0v) is 17.0. The summed E-state index contributed by atoms with van der Waals surface area (Å²) in [5, 5.41) is 11.0. The number of furan rings is 1. The number of likely N-dealkylation sites (tertiary alicyclic amines) is 1. The van der Waals surface area contributed by atoms with E-state index in [2.05, 4.69) is 4.98 Å². The average Bonchev–Trinajstić information content (AvgIpc) is 3.40. The van der Waals surface area contributed by atoms with Gasteiger partial charge in [-0.2, -0.15) is 0 Å². The summed E-state index contributed by atoms with van der Waals surface area (Å²) in [5.74, 6) is -0.517. The highest BCUT2D eigenvalue weighted by atomic mass is 16.5. The van der Waals surface area contributed by atoms with E-state index in [4.69, 9.17) is 9.15 Å². The summed E-state index contributed by atoms with van der Waals surface area (Å²) >= 11 is 0. The van der Waals surface area contributed by atoms with E-state index in [0.717, 1.165) is 6.42 Å². The van der Waals surface area contributed by atoms with Gasteiger partial charge in [-0.3, -0.25) is 14.6 Å². The standard InChI is InChI=1S/C24H22N2O5/c1-2-12-30-18-6-3-5-17(14-18)21-20(22(27)16-8-10-25-11-9-16)23(28)24(29)26(21)15-19-7-4-13-31-19/h3-11,13-14,21,27H,2,12,15H2,1H3. The minimum Gasteiger partial charge on any atom is -0.507 e. The van der Waals surface area contributed by atoms with Gasteiger partial charge in [0.15, 0.2) is 0 Å². The number of carbonyl (C=O) groups is 2. The molecule has 4 rings (SSSR count). The zero-order valence-electron chi connectivity index (χ0n) is 17.0. The van der Waals surface area contributed by atoms with Crippen molar-refractivity contribution in [3.05, 3.63) is 89.6 Å². The van der Waals surface area contributed by atoms with Gasteiger partial charge in [0.25, 0.3) is 11.7 Å². The molecule has 0 spiro atoms. The lowest BCUT2D eigenvalue weighted by Gasteiger charge is -2.25. The Morgan fingerprint density at radius 1 is 1.16 bits per heavy atom. The highest BCUT2D eigenvalue weighted by Crippen LogP contribution is 2.41. The van der Waals surface area contributed by atoms with Crippen molar-refractivity contribution >= 4 is 17.4 Å². The third-order valence-electron chi connectivity index (χ3n) is 5.05. The monoisotopic (exact) mass is 418 g/mol. The summed E-state index contributed by atoms with van der Waals surface area (Å²) in [7, 11) is 0. The van der Waals surface area contributed by atoms with Crippen molar-refractivity contribution in [2.75, 3.05) is 6.61 Å². The summed E-state index contributed by atoms with van der Waals surface area (Å²) in [6, 6.07) is 13.1. The number of benzene rings is 1. The summed E-state index contributed by atoms with van der Waals surface area (Å²) < 4.78 is 11.1. The van der Waals surface area contributed by atoms with E-state index in [1.54, 1.807) is 36.4 Å². The second kappa shape index (κ2) is 8.87. The van der Waals surface area contributed by atoms with Crippen LogP contribution in [0.4, 0.5) is 0 Å². The van der Waals surface area contributed by atoms with Crippen LogP contribution in [0.15, 0.2) is 77.2 Å². The number of pyridine rings is 1. The van der Waals surface area contributed by atoms with Gasteiger partial charge >= 0.3 is 0 Å². The molecular weight excluding hydrogens is 396 g/mol. The molecule has 0 bridgehead atoms. The van der Waals surface area contributed by atoms with Crippen LogP contribution in [-0.4, -0.2) is 33.3 Å². The first-order valence-electron chi connectivity index (χ1n) is 10.0. The van der Waals surface area contributed by atoms with Crippen molar-refractivity contribution in [3.63, 3.8) is 0 Å². The first kappa shape index (κ1) is 20.4. The zero-order chi connectivity index (χ0) is 21.8. The molecule has 1 N–H and O–H groups in total. The molecule has 0 radical (unpaired) electrons. The van der Waals surface area contributed by atoms with Crippen LogP contribution in [-0.2, 0) is 16.1 Å². The number of ketones is 1. The van der Waals surface area contributed by atoms with Crippen molar-refractivity contribution in [3.8, 4) is 5.75 Å². The Bertz CT molecular complexity index is 1110. The minimum atomic E-state index is -0.788. The Morgan fingerprint density at radius 2 is 1.97 bits per heavy atom. The first-order valence-corrected chi connectivity index (χ1v) is 10.0. The second-order valence-electron chi connectivity index (χ2n) is 7.16. The van der Waals surface area contributed by atoms with E-state index in [1.165, 1.54) is 23.6 Å². The third kappa shape index (κ3) is 4.07. The van der Waals surface area contributed by atoms with Gasteiger partial charge in [-0.15, -0.1) is 0 Å². The van der Waals surface area contributed by atoms with Gasteiger partial charge in [-0.25, -0.2) is 0 Å². The predicted molar refractivity (Wildman–Crippen MR) is 113 cm³/mol. The molecule has 1 unspecified atom stereocenters. The van der Waals surface area contributed by atoms with Gasteiger partial charge < -0.3 is 19.2 Å². The topological polar surface area (TPSA) is 92.9 Å². The predicted octanol–water partition coefficient (Wildman–Crippen LogP) is 4.09. The van der Waals surface area contributed by atoms with Crippen LogP contribution < -0.4 is 4.74 Å². The van der Waals surface area contributed by atoms with Gasteiger partial charge in [0.2, 0.25) is 0 Å². The number of rotatable bonds is 7. The van der Waals surface area contributed by atoms with Crippen molar-refractivity contribution < 1.29 is 23.8 Å². The number of ether oxygens (including phenoxy) is 1. The maximum atomic E-state index is 13.0. The molecule has 1 aliphatic rings. The lowest BCUT2D eigenvalue weighted by molar-refractivity contribution is -0.140. The second-order valence-corrected chi connectivity index (χ2v) is 7.16. The number of amides is 1. The number of hydrogen-bond donors (Lipinski definition) is 1. The SMILES string of the molecule is CCCOc1cccc(C2C(=C(O)c3ccncc3)C(=O)C(=O)N2Cc2ccco2)c1. The molecule has 2 aromatic heterocycles. The molecule has 31 heavy (non-hydrogen) atoms. The van der Waals surface area contributed by atoms with Crippen molar-refractivity contribution in [1.82, 2.24) is 9.88 Å². The highest BCUT2D eigenvalue weighted by Gasteiger charge is 2.46. The Kier molecular flexibility index (Phi) is 5.84. The van der Waals surface area contributed by atoms with E-state index in [1.807, 2.05) is 19.1 Å². The maximum Gasteiger partial charge on any atom is 0.296 e. The number of Topliss-reactive ketones (excluding diaryl/α,β-unsaturated/α-hetero) is 1. The molecular formula is C24H22N2O5. The van der Waals surface area contributed by atoms with Crippen LogP contribution in [0, 0.1) is 0 Å². The quantitative estimate of drug-likeness (QED) is 0.353. The Hall–Kier alpha value is -3.87. The van der Waals surface area contributed by atoms with Gasteiger partial charge in [0.05, 0.1) is 31.0 Å². The molecule has 7 nitrogen and oxygen atoms in total. The summed E-state index contributed by atoms with van der Waals surface area (Å²) in [6.45, 7) is 2.65. The van der Waals surface area contributed by atoms with E-state index < -0.39 is 17.7 Å². The lowest BCUT2D eigenvalue weighted by atomic mass is 9.95. The molecule has 1 atom stereocenters. The van der Waals surface area contributed by atoms with Crippen molar-refractivity contribution in [1.29, 1.82) is 0 Å². The Labute approximate surface area is 179 Å². The number of aliphatic hydroxyl groups is 1. The first-order chi connectivity index (χ1) is 15.1. The van der Waals surface area contributed by atoms with Crippen LogP contribution in [0.3, 0.4) is 0 Å². The Morgan fingerprint density at radius 3 is 2.68 bits per heavy atom. The molecule has 1 aliphatic heterocycles. The Balaban J connectivity index is 1.83. The molecule has 3 aromatic rings. The van der Waals surface area contributed by atoms with Crippen LogP contribution in [0.5, 0.6) is 5.75 Å². The molecule has 3 heterocycles. The number of aliphatic hydroxyl groups excluding tert-OH is 1. The number of aromatic nitrogens is 1. The number of nitrogens with zero attached hydrogens (tertiary/aromatic N) is 2. The largest absolute Gasteiger partial charge is 0.507 e. The van der Waals surface area contributed by atoms with Crippen LogP contribution >= 0.6 is 0 Å². The van der Waals surface area contributed by atoms with Crippen LogP contribution in [0.2, 0.25) is 0 Å². The number of hydrogen-bond acceptors (Lipinski definition) is 6. The van der Waals surface area contributed by atoms with Gasteiger partial charge in [0.1, 0.15) is 17.3 Å². The van der Waals surface area contributed by atoms with Gasteiger partial charge in [0, 0.05) is 18.0 Å². The molecule has 1 saturated heterocycles. The fraction of sp³-hybridized carbons (Fsp3) is 0.208. The summed E-state index contributed by atoms with van der Waals surface area (Å²) in [6.07, 6.45) is 5.39.